The lowest BCUT2D eigenvalue weighted by Gasteiger charge is -2.27. The Morgan fingerprint density at radius 2 is 2.38 bits per heavy atom. The van der Waals surface area contributed by atoms with E-state index in [2.05, 4.69) is 5.32 Å². The highest BCUT2D eigenvalue weighted by molar-refractivity contribution is 5.92. The summed E-state index contributed by atoms with van der Waals surface area (Å²) in [7, 11) is 0. The van der Waals surface area contributed by atoms with Gasteiger partial charge < -0.3 is 10.1 Å². The summed E-state index contributed by atoms with van der Waals surface area (Å²) in [6, 6.07) is 7.60. The first-order chi connectivity index (χ1) is 7.81. The van der Waals surface area contributed by atoms with Gasteiger partial charge in [-0.2, -0.15) is 0 Å². The molecule has 0 radical (unpaired) electrons. The van der Waals surface area contributed by atoms with E-state index in [9.17, 15) is 4.79 Å². The van der Waals surface area contributed by atoms with Crippen LogP contribution in [0.25, 0.3) is 0 Å². The number of nitrogens with one attached hydrogen (secondary N) is 1. The Labute approximate surface area is 95.2 Å². The normalized spacial score (nSPS) is 15.8. The van der Waals surface area contributed by atoms with E-state index in [1.54, 1.807) is 4.90 Å². The molecule has 0 aliphatic carbocycles. The zero-order valence-corrected chi connectivity index (χ0v) is 9.40. The molecule has 1 aromatic carbocycles. The van der Waals surface area contributed by atoms with Crippen molar-refractivity contribution in [1.29, 1.82) is 0 Å². The summed E-state index contributed by atoms with van der Waals surface area (Å²) < 4.78 is 5.41. The standard InChI is InChI=1S/C12H16N2O2/c1-2-16-11-6-3-5-10(9-11)14-8-4-7-13-12(14)15/h3,5-6,9H,2,4,7-8H2,1H3,(H,13,15). The molecule has 0 bridgehead atoms. The van der Waals surface area contributed by atoms with Crippen LogP contribution in [-0.4, -0.2) is 25.7 Å². The van der Waals surface area contributed by atoms with Gasteiger partial charge in [0, 0.05) is 24.8 Å². The molecule has 86 valence electrons. The van der Waals surface area contributed by atoms with Gasteiger partial charge in [-0.25, -0.2) is 4.79 Å². The monoisotopic (exact) mass is 220 g/mol. The van der Waals surface area contributed by atoms with Crippen molar-refractivity contribution in [1.82, 2.24) is 5.32 Å². The van der Waals surface area contributed by atoms with Gasteiger partial charge in [0.05, 0.1) is 6.61 Å². The molecule has 16 heavy (non-hydrogen) atoms. The van der Waals surface area contributed by atoms with Crippen LogP contribution in [-0.2, 0) is 0 Å². The molecule has 0 atom stereocenters. The number of nitrogens with zero attached hydrogens (tertiary/aromatic N) is 1. The molecule has 4 nitrogen and oxygen atoms in total. The minimum absolute atomic E-state index is 0.0279. The molecular weight excluding hydrogens is 204 g/mol. The van der Waals surface area contributed by atoms with Crippen LogP contribution >= 0.6 is 0 Å². The summed E-state index contributed by atoms with van der Waals surface area (Å²) in [5.41, 5.74) is 0.892. The zero-order valence-electron chi connectivity index (χ0n) is 9.40. The van der Waals surface area contributed by atoms with Crippen LogP contribution in [0.4, 0.5) is 10.5 Å². The average molecular weight is 220 g/mol. The third kappa shape index (κ3) is 2.27. The topological polar surface area (TPSA) is 41.6 Å². The molecule has 1 heterocycles. The molecule has 1 fully saturated rings. The first kappa shape index (κ1) is 10.8. The van der Waals surface area contributed by atoms with Crippen LogP contribution < -0.4 is 15.0 Å². The molecule has 0 spiro atoms. The molecule has 1 aromatic rings. The van der Waals surface area contributed by atoms with Crippen molar-refractivity contribution in [3.63, 3.8) is 0 Å². The molecule has 2 amide bonds. The first-order valence-electron chi connectivity index (χ1n) is 5.59. The summed E-state index contributed by atoms with van der Waals surface area (Å²) in [6.07, 6.45) is 0.977. The van der Waals surface area contributed by atoms with Crippen molar-refractivity contribution in [2.45, 2.75) is 13.3 Å². The number of benzene rings is 1. The number of anilines is 1. The van der Waals surface area contributed by atoms with Gasteiger partial charge in [-0.3, -0.25) is 4.90 Å². The number of hydrogen-bond acceptors (Lipinski definition) is 2. The Bertz CT molecular complexity index is 379. The minimum atomic E-state index is -0.0279. The minimum Gasteiger partial charge on any atom is -0.494 e. The van der Waals surface area contributed by atoms with E-state index in [1.807, 2.05) is 31.2 Å². The molecule has 1 saturated heterocycles. The molecule has 2 rings (SSSR count). The quantitative estimate of drug-likeness (QED) is 0.846. The van der Waals surface area contributed by atoms with Crippen LogP contribution in [0.3, 0.4) is 0 Å². The third-order valence-corrected chi connectivity index (χ3v) is 2.52. The fourth-order valence-electron chi connectivity index (χ4n) is 1.78. The predicted octanol–water partition coefficient (Wildman–Crippen LogP) is 2.00. The number of urea groups is 1. The number of carbonyl (C=O) groups is 1. The van der Waals surface area contributed by atoms with E-state index in [1.165, 1.54) is 0 Å². The Hall–Kier alpha value is -1.71. The summed E-state index contributed by atoms with van der Waals surface area (Å²) >= 11 is 0. The molecule has 1 aliphatic rings. The smallest absolute Gasteiger partial charge is 0.321 e. The van der Waals surface area contributed by atoms with Crippen LogP contribution in [0, 0.1) is 0 Å². The van der Waals surface area contributed by atoms with Crippen molar-refractivity contribution in [2.24, 2.45) is 0 Å². The fourth-order valence-corrected chi connectivity index (χ4v) is 1.78. The maximum absolute atomic E-state index is 11.6. The molecule has 0 aromatic heterocycles. The number of rotatable bonds is 3. The lowest BCUT2D eigenvalue weighted by Crippen LogP contribution is -2.46. The molecule has 0 saturated carbocycles. The second-order valence-electron chi connectivity index (χ2n) is 3.67. The van der Waals surface area contributed by atoms with Crippen molar-refractivity contribution in [3.05, 3.63) is 24.3 Å². The van der Waals surface area contributed by atoms with Crippen molar-refractivity contribution < 1.29 is 9.53 Å². The van der Waals surface area contributed by atoms with Gasteiger partial charge in [0.1, 0.15) is 5.75 Å². The average Bonchev–Trinajstić information content (AvgIpc) is 2.30. The number of carbonyl (C=O) groups excluding carboxylic acids is 1. The summed E-state index contributed by atoms with van der Waals surface area (Å²) in [5.74, 6) is 0.804. The largest absolute Gasteiger partial charge is 0.494 e. The fraction of sp³-hybridized carbons (Fsp3) is 0.417. The van der Waals surface area contributed by atoms with Crippen LogP contribution in [0.5, 0.6) is 5.75 Å². The highest BCUT2D eigenvalue weighted by Gasteiger charge is 2.19. The van der Waals surface area contributed by atoms with Crippen LogP contribution in [0.15, 0.2) is 24.3 Å². The zero-order chi connectivity index (χ0) is 11.4. The van der Waals surface area contributed by atoms with Gasteiger partial charge in [0.25, 0.3) is 0 Å². The molecule has 1 aliphatic heterocycles. The Balaban J connectivity index is 2.18. The summed E-state index contributed by atoms with van der Waals surface area (Å²) in [5, 5.41) is 2.83. The Morgan fingerprint density at radius 3 is 3.12 bits per heavy atom. The SMILES string of the molecule is CCOc1cccc(N2CCCNC2=O)c1. The highest BCUT2D eigenvalue weighted by atomic mass is 16.5. The first-order valence-corrected chi connectivity index (χ1v) is 5.59. The molecule has 0 unspecified atom stereocenters. The van der Waals surface area contributed by atoms with Crippen LogP contribution in [0.2, 0.25) is 0 Å². The van der Waals surface area contributed by atoms with E-state index >= 15 is 0 Å². The Morgan fingerprint density at radius 1 is 1.50 bits per heavy atom. The van der Waals surface area contributed by atoms with Gasteiger partial charge in [-0.1, -0.05) is 6.07 Å². The van der Waals surface area contributed by atoms with Gasteiger partial charge in [-0.15, -0.1) is 0 Å². The van der Waals surface area contributed by atoms with Crippen molar-refractivity contribution in [2.75, 3.05) is 24.6 Å². The molecular formula is C12H16N2O2. The van der Waals surface area contributed by atoms with Gasteiger partial charge in [0.2, 0.25) is 0 Å². The van der Waals surface area contributed by atoms with Gasteiger partial charge in [0.15, 0.2) is 0 Å². The summed E-state index contributed by atoms with van der Waals surface area (Å²) in [6.45, 7) is 4.11. The number of amides is 2. The van der Waals surface area contributed by atoms with Crippen molar-refractivity contribution in [3.8, 4) is 5.75 Å². The maximum Gasteiger partial charge on any atom is 0.321 e. The van der Waals surface area contributed by atoms with Crippen molar-refractivity contribution >= 4 is 11.7 Å². The van der Waals surface area contributed by atoms with Gasteiger partial charge >= 0.3 is 6.03 Å². The van der Waals surface area contributed by atoms with Gasteiger partial charge in [-0.05, 0) is 25.5 Å². The lowest BCUT2D eigenvalue weighted by atomic mass is 10.2. The number of ether oxygens (including phenoxy) is 1. The van der Waals surface area contributed by atoms with Crippen LogP contribution in [0.1, 0.15) is 13.3 Å². The van der Waals surface area contributed by atoms with E-state index in [0.717, 1.165) is 30.9 Å². The second kappa shape index (κ2) is 4.88. The van der Waals surface area contributed by atoms with E-state index < -0.39 is 0 Å². The lowest BCUT2D eigenvalue weighted by molar-refractivity contribution is 0.243. The van der Waals surface area contributed by atoms with E-state index in [0.29, 0.717) is 6.61 Å². The van der Waals surface area contributed by atoms with E-state index in [4.69, 9.17) is 4.74 Å². The maximum atomic E-state index is 11.6. The summed E-state index contributed by atoms with van der Waals surface area (Å²) in [4.78, 5) is 13.4. The molecule has 4 heteroatoms. The van der Waals surface area contributed by atoms with E-state index in [-0.39, 0.29) is 6.03 Å². The predicted molar refractivity (Wildman–Crippen MR) is 63.0 cm³/mol. The highest BCUT2D eigenvalue weighted by Crippen LogP contribution is 2.22. The second-order valence-corrected chi connectivity index (χ2v) is 3.67. The third-order valence-electron chi connectivity index (χ3n) is 2.52. The Kier molecular flexibility index (Phi) is 3.29. The number of hydrogen-bond donors (Lipinski definition) is 1. The molecule has 1 N–H and O–H groups in total.